The van der Waals surface area contributed by atoms with Gasteiger partial charge in [0.1, 0.15) is 5.76 Å². The molecule has 0 atom stereocenters. The number of nitrogens with two attached hydrogens (primary N) is 3. The third-order valence-corrected chi connectivity index (χ3v) is 2.36. The zero-order valence-corrected chi connectivity index (χ0v) is 8.23. The Morgan fingerprint density at radius 3 is 2.40 bits per heavy atom. The first-order valence-corrected chi connectivity index (χ1v) is 4.63. The molecule has 0 fully saturated rings. The van der Waals surface area contributed by atoms with Gasteiger partial charge >= 0.3 is 0 Å². The molecule has 6 N–H and O–H groups in total. The van der Waals surface area contributed by atoms with Crippen molar-refractivity contribution in [2.75, 3.05) is 17.2 Å². The number of anilines is 3. The molecular formula is C11H13N3O. The first-order valence-electron chi connectivity index (χ1n) is 4.63. The molecular weight excluding hydrogens is 190 g/mol. The molecule has 0 bridgehead atoms. The Kier molecular flexibility index (Phi) is 2.25. The van der Waals surface area contributed by atoms with Crippen LogP contribution in [0, 0.1) is 0 Å². The van der Waals surface area contributed by atoms with Gasteiger partial charge in [0.15, 0.2) is 0 Å². The van der Waals surface area contributed by atoms with E-state index in [9.17, 15) is 0 Å². The van der Waals surface area contributed by atoms with Crippen molar-refractivity contribution in [3.05, 3.63) is 41.9 Å². The smallest absolute Gasteiger partial charge is 0.108 e. The van der Waals surface area contributed by atoms with Gasteiger partial charge in [-0.3, -0.25) is 0 Å². The van der Waals surface area contributed by atoms with Gasteiger partial charge in [-0.15, -0.1) is 0 Å². The standard InChI is InChI=1S/C11H13N3O/c12-9-3-4-10(13)11(14)8(9)6-7-2-1-5-15-7/h1-5H,6,12-14H2. The number of nitrogen functional groups attached to an aromatic ring is 3. The molecule has 0 saturated heterocycles. The van der Waals surface area contributed by atoms with Crippen LogP contribution in [0.25, 0.3) is 0 Å². The average Bonchev–Trinajstić information content (AvgIpc) is 2.71. The van der Waals surface area contributed by atoms with Crippen LogP contribution in [0.5, 0.6) is 0 Å². The lowest BCUT2D eigenvalue weighted by atomic mass is 10.0. The minimum Gasteiger partial charge on any atom is -0.469 e. The molecule has 1 aromatic heterocycles. The Morgan fingerprint density at radius 2 is 1.73 bits per heavy atom. The molecule has 4 heteroatoms. The summed E-state index contributed by atoms with van der Waals surface area (Å²) in [5.41, 5.74) is 19.9. The summed E-state index contributed by atoms with van der Waals surface area (Å²) < 4.78 is 5.24. The number of rotatable bonds is 2. The van der Waals surface area contributed by atoms with Crippen molar-refractivity contribution in [2.24, 2.45) is 0 Å². The zero-order chi connectivity index (χ0) is 10.8. The van der Waals surface area contributed by atoms with Crippen molar-refractivity contribution < 1.29 is 4.42 Å². The first kappa shape index (κ1) is 9.45. The molecule has 78 valence electrons. The fraction of sp³-hybridized carbons (Fsp3) is 0.0909. The first-order chi connectivity index (χ1) is 7.18. The molecule has 0 spiro atoms. The summed E-state index contributed by atoms with van der Waals surface area (Å²) in [4.78, 5) is 0. The molecule has 0 unspecified atom stereocenters. The lowest BCUT2D eigenvalue weighted by molar-refractivity contribution is 0.521. The van der Waals surface area contributed by atoms with Crippen LogP contribution in [0.4, 0.5) is 17.1 Å². The Labute approximate surface area is 87.7 Å². The van der Waals surface area contributed by atoms with Gasteiger partial charge in [0.2, 0.25) is 0 Å². The highest BCUT2D eigenvalue weighted by atomic mass is 16.3. The Hall–Kier alpha value is -2.10. The highest BCUT2D eigenvalue weighted by Gasteiger charge is 2.09. The number of benzene rings is 1. The van der Waals surface area contributed by atoms with Crippen LogP contribution in [-0.4, -0.2) is 0 Å². The fourth-order valence-corrected chi connectivity index (χ4v) is 1.48. The maximum Gasteiger partial charge on any atom is 0.108 e. The van der Waals surface area contributed by atoms with Crippen LogP contribution in [0.2, 0.25) is 0 Å². The van der Waals surface area contributed by atoms with Gasteiger partial charge in [-0.25, -0.2) is 0 Å². The van der Waals surface area contributed by atoms with Crippen LogP contribution in [0.3, 0.4) is 0 Å². The number of hydrogen-bond donors (Lipinski definition) is 3. The molecule has 2 rings (SSSR count). The van der Waals surface area contributed by atoms with Gasteiger partial charge in [0, 0.05) is 17.7 Å². The van der Waals surface area contributed by atoms with Crippen LogP contribution in [0.1, 0.15) is 11.3 Å². The van der Waals surface area contributed by atoms with Crippen LogP contribution in [-0.2, 0) is 6.42 Å². The molecule has 4 nitrogen and oxygen atoms in total. The van der Waals surface area contributed by atoms with Crippen molar-refractivity contribution >= 4 is 17.1 Å². The SMILES string of the molecule is Nc1ccc(N)c(Cc2ccco2)c1N. The Bertz CT molecular complexity index is 463. The van der Waals surface area contributed by atoms with Gasteiger partial charge in [-0.05, 0) is 24.3 Å². The van der Waals surface area contributed by atoms with Crippen molar-refractivity contribution in [2.45, 2.75) is 6.42 Å². The minimum atomic E-state index is 0.534. The van der Waals surface area contributed by atoms with Gasteiger partial charge < -0.3 is 21.6 Å². The second-order valence-corrected chi connectivity index (χ2v) is 3.39. The van der Waals surface area contributed by atoms with E-state index in [0.717, 1.165) is 11.3 Å². The van der Waals surface area contributed by atoms with E-state index < -0.39 is 0 Å². The second-order valence-electron chi connectivity index (χ2n) is 3.39. The quantitative estimate of drug-likeness (QED) is 0.647. The van der Waals surface area contributed by atoms with E-state index in [0.29, 0.717) is 23.5 Å². The van der Waals surface area contributed by atoms with E-state index in [2.05, 4.69) is 0 Å². The van der Waals surface area contributed by atoms with E-state index in [4.69, 9.17) is 21.6 Å². The lowest BCUT2D eigenvalue weighted by Crippen LogP contribution is -2.04. The predicted octanol–water partition coefficient (Wildman–Crippen LogP) is 1.62. The summed E-state index contributed by atoms with van der Waals surface area (Å²) in [5, 5.41) is 0. The van der Waals surface area contributed by atoms with Crippen molar-refractivity contribution in [1.82, 2.24) is 0 Å². The molecule has 0 radical (unpaired) electrons. The topological polar surface area (TPSA) is 91.2 Å². The normalized spacial score (nSPS) is 10.4. The monoisotopic (exact) mass is 203 g/mol. The summed E-state index contributed by atoms with van der Waals surface area (Å²) in [7, 11) is 0. The highest BCUT2D eigenvalue weighted by molar-refractivity contribution is 5.74. The van der Waals surface area contributed by atoms with E-state index in [1.54, 1.807) is 18.4 Å². The molecule has 0 aliphatic carbocycles. The van der Waals surface area contributed by atoms with Gasteiger partial charge in [-0.2, -0.15) is 0 Å². The molecule has 0 saturated carbocycles. The zero-order valence-electron chi connectivity index (χ0n) is 8.23. The Morgan fingerprint density at radius 1 is 1.00 bits per heavy atom. The van der Waals surface area contributed by atoms with Crippen LogP contribution >= 0.6 is 0 Å². The lowest BCUT2D eigenvalue weighted by Gasteiger charge is -2.09. The summed E-state index contributed by atoms with van der Waals surface area (Å²) >= 11 is 0. The van der Waals surface area contributed by atoms with E-state index in [1.807, 2.05) is 12.1 Å². The molecule has 2 aromatic rings. The third-order valence-electron chi connectivity index (χ3n) is 2.36. The van der Waals surface area contributed by atoms with Crippen LogP contribution in [0.15, 0.2) is 34.9 Å². The largest absolute Gasteiger partial charge is 0.469 e. The highest BCUT2D eigenvalue weighted by Crippen LogP contribution is 2.27. The summed E-state index contributed by atoms with van der Waals surface area (Å²) in [6.07, 6.45) is 2.18. The van der Waals surface area contributed by atoms with Crippen molar-refractivity contribution in [3.63, 3.8) is 0 Å². The molecule has 15 heavy (non-hydrogen) atoms. The van der Waals surface area contributed by atoms with E-state index in [1.165, 1.54) is 0 Å². The predicted molar refractivity (Wildman–Crippen MR) is 61.2 cm³/mol. The maximum atomic E-state index is 5.85. The summed E-state index contributed by atoms with van der Waals surface area (Å²) in [6.45, 7) is 0. The number of furan rings is 1. The van der Waals surface area contributed by atoms with Crippen LogP contribution < -0.4 is 17.2 Å². The molecule has 0 aliphatic heterocycles. The maximum absolute atomic E-state index is 5.85. The second kappa shape index (κ2) is 3.57. The minimum absolute atomic E-state index is 0.534. The van der Waals surface area contributed by atoms with Crippen molar-refractivity contribution in [3.8, 4) is 0 Å². The Balaban J connectivity index is 2.39. The number of hydrogen-bond acceptors (Lipinski definition) is 4. The van der Waals surface area contributed by atoms with Crippen molar-refractivity contribution in [1.29, 1.82) is 0 Å². The summed E-state index contributed by atoms with van der Waals surface area (Å²) in [6, 6.07) is 7.16. The molecule has 1 heterocycles. The third kappa shape index (κ3) is 1.74. The van der Waals surface area contributed by atoms with Gasteiger partial charge in [0.25, 0.3) is 0 Å². The fourth-order valence-electron chi connectivity index (χ4n) is 1.48. The van der Waals surface area contributed by atoms with E-state index in [-0.39, 0.29) is 0 Å². The summed E-state index contributed by atoms with van der Waals surface area (Å²) in [5.74, 6) is 0.819. The van der Waals surface area contributed by atoms with Gasteiger partial charge in [0.05, 0.1) is 17.6 Å². The average molecular weight is 203 g/mol. The molecule has 0 amide bonds. The van der Waals surface area contributed by atoms with Gasteiger partial charge in [-0.1, -0.05) is 0 Å². The molecule has 0 aliphatic rings. The molecule has 1 aromatic carbocycles. The van der Waals surface area contributed by atoms with E-state index >= 15 is 0 Å².